The molecule has 0 spiro atoms. The molecule has 1 fully saturated rings. The Labute approximate surface area is 126 Å². The first-order valence-electron chi connectivity index (χ1n) is 6.40. The number of hydrogen-bond acceptors (Lipinski definition) is 5. The topological polar surface area (TPSA) is 102 Å². The van der Waals surface area contributed by atoms with Crippen LogP contribution >= 0.6 is 11.6 Å². The second-order valence-electron chi connectivity index (χ2n) is 4.94. The molecule has 0 bridgehead atoms. The van der Waals surface area contributed by atoms with E-state index < -0.39 is 22.5 Å². The highest BCUT2D eigenvalue weighted by Gasteiger charge is 2.40. The maximum atomic E-state index is 12.1. The second-order valence-corrected chi connectivity index (χ2v) is 5.35. The third kappa shape index (κ3) is 3.15. The van der Waals surface area contributed by atoms with Crippen LogP contribution in [0.5, 0.6) is 0 Å². The van der Waals surface area contributed by atoms with Gasteiger partial charge in [0.2, 0.25) is 0 Å². The van der Waals surface area contributed by atoms with E-state index in [2.05, 4.69) is 5.32 Å². The molecule has 114 valence electrons. The summed E-state index contributed by atoms with van der Waals surface area (Å²) in [5.74, 6) is -0.695. The Bertz CT molecular complexity index is 580. The fraction of sp³-hybridized carbons (Fsp3) is 0.462. The van der Waals surface area contributed by atoms with Crippen LogP contribution < -0.4 is 5.32 Å². The predicted molar refractivity (Wildman–Crippen MR) is 75.4 cm³/mol. The Morgan fingerprint density at radius 2 is 2.38 bits per heavy atom. The maximum absolute atomic E-state index is 12.1. The van der Waals surface area contributed by atoms with Crippen molar-refractivity contribution in [3.8, 4) is 0 Å². The fourth-order valence-corrected chi connectivity index (χ4v) is 2.47. The first-order chi connectivity index (χ1) is 9.85. The number of hydrogen-bond donors (Lipinski definition) is 2. The zero-order valence-electron chi connectivity index (χ0n) is 11.3. The summed E-state index contributed by atoms with van der Waals surface area (Å²) in [5.41, 5.74) is -1.76. The molecule has 2 N–H and O–H groups in total. The first kappa shape index (κ1) is 15.7. The van der Waals surface area contributed by atoms with Crippen molar-refractivity contribution < 1.29 is 19.6 Å². The van der Waals surface area contributed by atoms with Crippen LogP contribution in [0.1, 0.15) is 23.7 Å². The molecule has 1 aromatic rings. The van der Waals surface area contributed by atoms with Gasteiger partial charge in [0.25, 0.3) is 11.6 Å². The molecular weight excluding hydrogens is 300 g/mol. The van der Waals surface area contributed by atoms with Gasteiger partial charge in [-0.15, -0.1) is 0 Å². The van der Waals surface area contributed by atoms with Crippen molar-refractivity contribution in [3.05, 3.63) is 38.9 Å². The molecule has 1 aliphatic rings. The summed E-state index contributed by atoms with van der Waals surface area (Å²) in [6, 6.07) is 4.01. The number of aliphatic hydroxyl groups is 1. The molecule has 1 aliphatic heterocycles. The average Bonchev–Trinajstić information content (AvgIpc) is 2.76. The summed E-state index contributed by atoms with van der Waals surface area (Å²) in [5, 5.41) is 23.7. The van der Waals surface area contributed by atoms with Crippen molar-refractivity contribution in [3.63, 3.8) is 0 Å². The van der Waals surface area contributed by atoms with Crippen LogP contribution in [0, 0.1) is 10.1 Å². The third-order valence-electron chi connectivity index (χ3n) is 3.63. The normalized spacial score (nSPS) is 24.8. The number of ether oxygens (including phenoxy) is 1. The van der Waals surface area contributed by atoms with Crippen LogP contribution in [-0.4, -0.2) is 40.8 Å². The lowest BCUT2D eigenvalue weighted by Crippen LogP contribution is -2.47. The molecule has 1 heterocycles. The van der Waals surface area contributed by atoms with Gasteiger partial charge in [-0.3, -0.25) is 14.9 Å². The Hall–Kier alpha value is -1.70. The van der Waals surface area contributed by atoms with Crippen molar-refractivity contribution in [1.82, 2.24) is 5.32 Å². The minimum absolute atomic E-state index is 0.00981. The van der Waals surface area contributed by atoms with E-state index in [0.29, 0.717) is 13.0 Å². The molecule has 1 saturated heterocycles. The van der Waals surface area contributed by atoms with E-state index in [4.69, 9.17) is 16.3 Å². The lowest BCUT2D eigenvalue weighted by molar-refractivity contribution is -0.385. The molecule has 1 aromatic carbocycles. The van der Waals surface area contributed by atoms with E-state index in [-0.39, 0.29) is 22.8 Å². The average molecular weight is 315 g/mol. The van der Waals surface area contributed by atoms with Gasteiger partial charge < -0.3 is 15.2 Å². The molecular formula is C13H15ClN2O5. The summed E-state index contributed by atoms with van der Waals surface area (Å²) >= 11 is 5.87. The van der Waals surface area contributed by atoms with E-state index in [0.717, 1.165) is 0 Å². The number of benzene rings is 1. The number of nitro benzene ring substituents is 1. The van der Waals surface area contributed by atoms with Gasteiger partial charge in [0.05, 0.1) is 16.0 Å². The van der Waals surface area contributed by atoms with E-state index >= 15 is 0 Å². The van der Waals surface area contributed by atoms with Gasteiger partial charge in [0, 0.05) is 25.6 Å². The predicted octanol–water partition coefficient (Wildman–Crippen LogP) is 1.52. The minimum atomic E-state index is -1.17. The van der Waals surface area contributed by atoms with Crippen molar-refractivity contribution in [2.24, 2.45) is 0 Å². The van der Waals surface area contributed by atoms with E-state index in [1.54, 1.807) is 6.92 Å². The Balaban J connectivity index is 2.16. The number of nitrogens with one attached hydrogen (secondary N) is 1. The number of carbonyl (C=O) groups is 1. The number of amides is 1. The van der Waals surface area contributed by atoms with Gasteiger partial charge >= 0.3 is 0 Å². The van der Waals surface area contributed by atoms with Gasteiger partial charge in [0.15, 0.2) is 0 Å². The van der Waals surface area contributed by atoms with E-state index in [1.807, 2.05) is 0 Å². The molecule has 0 saturated carbocycles. The number of nitro groups is 1. The minimum Gasteiger partial charge on any atom is -0.385 e. The second kappa shape index (κ2) is 5.97. The van der Waals surface area contributed by atoms with Crippen LogP contribution in [0.3, 0.4) is 0 Å². The highest BCUT2D eigenvalue weighted by Crippen LogP contribution is 2.27. The maximum Gasteiger partial charge on any atom is 0.283 e. The Morgan fingerprint density at radius 3 is 2.95 bits per heavy atom. The summed E-state index contributed by atoms with van der Waals surface area (Å²) in [6.07, 6.45) is -0.0296. The van der Waals surface area contributed by atoms with Crippen molar-refractivity contribution in [2.45, 2.75) is 25.0 Å². The summed E-state index contributed by atoms with van der Waals surface area (Å²) in [6.45, 7) is 2.05. The number of halogens is 1. The van der Waals surface area contributed by atoms with Crippen LogP contribution in [0.15, 0.2) is 18.2 Å². The Kier molecular flexibility index (Phi) is 4.46. The lowest BCUT2D eigenvalue weighted by atomic mass is 9.96. The van der Waals surface area contributed by atoms with Crippen LogP contribution in [-0.2, 0) is 4.74 Å². The number of nitrogens with zero attached hydrogens (tertiary/aromatic N) is 1. The smallest absolute Gasteiger partial charge is 0.283 e. The molecule has 0 radical (unpaired) electrons. The molecule has 2 unspecified atom stereocenters. The number of carbonyl (C=O) groups excluding carboxylic acids is 1. The summed E-state index contributed by atoms with van der Waals surface area (Å²) in [7, 11) is 0. The highest BCUT2D eigenvalue weighted by atomic mass is 35.5. The fourth-order valence-electron chi connectivity index (χ4n) is 2.21. The van der Waals surface area contributed by atoms with Crippen molar-refractivity contribution in [1.29, 1.82) is 0 Å². The first-order valence-corrected chi connectivity index (χ1v) is 6.78. The number of rotatable bonds is 4. The van der Waals surface area contributed by atoms with Gasteiger partial charge in [-0.1, -0.05) is 17.7 Å². The van der Waals surface area contributed by atoms with Gasteiger partial charge in [-0.25, -0.2) is 0 Å². The van der Waals surface area contributed by atoms with E-state index in [1.165, 1.54) is 18.2 Å². The third-order valence-corrected chi connectivity index (χ3v) is 3.94. The molecule has 8 heteroatoms. The largest absolute Gasteiger partial charge is 0.385 e. The molecule has 7 nitrogen and oxygen atoms in total. The van der Waals surface area contributed by atoms with Gasteiger partial charge in [0.1, 0.15) is 11.2 Å². The summed E-state index contributed by atoms with van der Waals surface area (Å²) < 4.78 is 5.26. The van der Waals surface area contributed by atoms with Gasteiger partial charge in [-0.05, 0) is 13.0 Å². The van der Waals surface area contributed by atoms with Crippen LogP contribution in [0.4, 0.5) is 5.69 Å². The van der Waals surface area contributed by atoms with Crippen molar-refractivity contribution in [2.75, 3.05) is 13.2 Å². The van der Waals surface area contributed by atoms with E-state index in [9.17, 15) is 20.0 Å². The van der Waals surface area contributed by atoms with Gasteiger partial charge in [-0.2, -0.15) is 0 Å². The quantitative estimate of drug-likeness (QED) is 0.648. The highest BCUT2D eigenvalue weighted by molar-refractivity contribution is 6.34. The van der Waals surface area contributed by atoms with Crippen LogP contribution in [0.25, 0.3) is 0 Å². The molecule has 0 aliphatic carbocycles. The Morgan fingerprint density at radius 1 is 1.67 bits per heavy atom. The zero-order chi connectivity index (χ0) is 15.6. The molecule has 2 rings (SSSR count). The lowest BCUT2D eigenvalue weighted by Gasteiger charge is -2.26. The molecule has 2 atom stereocenters. The molecule has 1 amide bonds. The standard InChI is InChI=1S/C13H15ClN2O5/c1-8-13(18,5-6-21-8)7-15-12(17)11-9(14)3-2-4-10(11)16(19)20/h2-4,8,18H,5-7H2,1H3,(H,15,17). The summed E-state index contributed by atoms with van der Waals surface area (Å²) in [4.78, 5) is 22.4. The SMILES string of the molecule is CC1OCCC1(O)CNC(=O)c1c(Cl)cccc1[N+](=O)[O-]. The van der Waals surface area contributed by atoms with Crippen LogP contribution in [0.2, 0.25) is 5.02 Å². The van der Waals surface area contributed by atoms with Crippen molar-refractivity contribution >= 4 is 23.2 Å². The molecule has 0 aromatic heterocycles. The monoisotopic (exact) mass is 314 g/mol. The molecule has 21 heavy (non-hydrogen) atoms. The zero-order valence-corrected chi connectivity index (χ0v) is 12.1.